The zero-order valence-electron chi connectivity index (χ0n) is 45.2. The van der Waals surface area contributed by atoms with E-state index in [1.807, 2.05) is 79.8 Å². The summed E-state index contributed by atoms with van der Waals surface area (Å²) in [6.07, 6.45) is 11.2. The number of aromatic nitrogens is 4. The molecule has 1 amide bonds. The lowest BCUT2D eigenvalue weighted by atomic mass is 10.00. The van der Waals surface area contributed by atoms with Gasteiger partial charge in [-0.3, -0.25) is 33.9 Å². The summed E-state index contributed by atoms with van der Waals surface area (Å²) < 4.78 is 23.8. The first-order valence-corrected chi connectivity index (χ1v) is 24.8. The Kier molecular flexibility index (Phi) is 25.8. The molecule has 4 aromatic heterocycles. The Balaban J connectivity index is 0.000000419. The number of hydrogen-bond acceptors (Lipinski definition) is 15. The number of carboxylic acids is 1. The summed E-state index contributed by atoms with van der Waals surface area (Å²) in [6, 6.07) is 7.91. The largest absolute Gasteiger partial charge is 0.480 e. The van der Waals surface area contributed by atoms with Crippen molar-refractivity contribution in [2.24, 2.45) is 17.6 Å². The maximum absolute atomic E-state index is 13.6. The number of anilines is 2. The van der Waals surface area contributed by atoms with E-state index in [0.717, 1.165) is 47.7 Å². The van der Waals surface area contributed by atoms with Crippen molar-refractivity contribution < 1.29 is 43.2 Å². The summed E-state index contributed by atoms with van der Waals surface area (Å²) in [4.78, 5) is 85.7. The molecule has 2 saturated heterocycles. The van der Waals surface area contributed by atoms with Gasteiger partial charge in [0.05, 0.1) is 81.3 Å². The Morgan fingerprint density at radius 3 is 1.56 bits per heavy atom. The molecule has 6 heterocycles. The SMILES string of the molecule is C.COC(=O)C[C@H](N)c1cncc(N2CCOC(C)(C)C2)c1.COC(=O)C[C@H](NC(=O)C(CC(C)C)n1ccc(C)cc1=O)c1cncc(N2CCOC(C)(C)C2)c1.Cc1ccn([C@@H](CC(C)C)C(=O)O)c(=O)c1.Cl. The van der Waals surface area contributed by atoms with Crippen LogP contribution in [0.2, 0.25) is 0 Å². The number of hydrogen-bond donors (Lipinski definition) is 3. The normalized spacial score (nSPS) is 16.2. The van der Waals surface area contributed by atoms with Crippen molar-refractivity contribution >= 4 is 47.6 Å². The minimum Gasteiger partial charge on any atom is -0.480 e. The summed E-state index contributed by atoms with van der Waals surface area (Å²) in [6.45, 7) is 24.1. The minimum absolute atomic E-state index is 0. The first-order valence-electron chi connectivity index (χ1n) is 24.8. The average Bonchev–Trinajstić information content (AvgIpc) is 3.32. The molecular weight excluding hydrogens is 984 g/mol. The third kappa shape index (κ3) is 20.5. The summed E-state index contributed by atoms with van der Waals surface area (Å²) in [5.41, 5.74) is 10.2. The number of nitrogens with zero attached hydrogens (tertiary/aromatic N) is 6. The lowest BCUT2D eigenvalue weighted by Crippen LogP contribution is -2.48. The molecule has 2 aliphatic heterocycles. The molecule has 0 saturated carbocycles. The molecule has 0 aromatic carbocycles. The number of carbonyl (C=O) groups is 4. The number of pyridine rings is 4. The van der Waals surface area contributed by atoms with E-state index in [9.17, 15) is 28.8 Å². The second-order valence-corrected chi connectivity index (χ2v) is 20.8. The van der Waals surface area contributed by atoms with Gasteiger partial charge in [-0.15, -0.1) is 12.4 Å². The molecule has 4 atom stereocenters. The van der Waals surface area contributed by atoms with Crippen molar-refractivity contribution in [3.8, 4) is 0 Å². The topological polar surface area (TPSA) is 240 Å². The monoisotopic (exact) mass is 1070 g/mol. The van der Waals surface area contributed by atoms with Gasteiger partial charge in [0.2, 0.25) is 5.91 Å². The highest BCUT2D eigenvalue weighted by Crippen LogP contribution is 2.29. The predicted octanol–water partition coefficient (Wildman–Crippen LogP) is 7.32. The van der Waals surface area contributed by atoms with E-state index in [-0.39, 0.29) is 78.7 Å². The van der Waals surface area contributed by atoms with Gasteiger partial charge in [-0.25, -0.2) is 4.79 Å². The van der Waals surface area contributed by atoms with Crippen LogP contribution in [0.1, 0.15) is 135 Å². The fraction of sp³-hybridized carbons (Fsp3) is 0.564. The van der Waals surface area contributed by atoms with Gasteiger partial charge in [-0.05, 0) is 113 Å². The number of amides is 1. The Morgan fingerprint density at radius 2 is 1.13 bits per heavy atom. The first kappa shape index (κ1) is 65.0. The molecule has 416 valence electrons. The van der Waals surface area contributed by atoms with Crippen LogP contribution in [0.5, 0.6) is 0 Å². The third-order valence-corrected chi connectivity index (χ3v) is 12.3. The van der Waals surface area contributed by atoms with E-state index in [1.165, 1.54) is 35.5 Å². The highest BCUT2D eigenvalue weighted by atomic mass is 35.5. The summed E-state index contributed by atoms with van der Waals surface area (Å²) in [5.74, 6) is -1.66. The average molecular weight is 1070 g/mol. The lowest BCUT2D eigenvalue weighted by molar-refractivity contribution is -0.142. The Labute approximate surface area is 448 Å². The van der Waals surface area contributed by atoms with Crippen LogP contribution in [-0.4, -0.2) is 113 Å². The molecule has 4 N–H and O–H groups in total. The Hall–Kier alpha value is -6.15. The maximum Gasteiger partial charge on any atom is 0.326 e. The molecule has 0 spiro atoms. The molecule has 6 rings (SSSR count). The number of morpholine rings is 2. The first-order chi connectivity index (χ1) is 34.3. The van der Waals surface area contributed by atoms with Crippen LogP contribution < -0.4 is 32.0 Å². The number of aryl methyl sites for hydroxylation is 2. The second-order valence-electron chi connectivity index (χ2n) is 20.8. The van der Waals surface area contributed by atoms with E-state index >= 15 is 0 Å². The van der Waals surface area contributed by atoms with Crippen LogP contribution in [0.15, 0.2) is 83.2 Å². The number of methoxy groups -OCH3 is 2. The summed E-state index contributed by atoms with van der Waals surface area (Å²) >= 11 is 0. The molecule has 4 aromatic rings. The molecule has 0 aliphatic carbocycles. The summed E-state index contributed by atoms with van der Waals surface area (Å²) in [7, 11) is 2.68. The maximum atomic E-state index is 13.6. The number of aliphatic carboxylic acids is 1. The number of carboxylic acid groups (broad SMARTS) is 1. The highest BCUT2D eigenvalue weighted by Gasteiger charge is 2.31. The molecule has 2 aliphatic rings. The van der Waals surface area contributed by atoms with Crippen LogP contribution >= 0.6 is 12.4 Å². The van der Waals surface area contributed by atoms with Crippen LogP contribution in [0.3, 0.4) is 0 Å². The number of halogens is 1. The molecule has 75 heavy (non-hydrogen) atoms. The standard InChI is InChI=1S/C27H38N4O5.C15H23N3O3.C12H17NO3.CH4.ClH/c1-18(2)11-23(31-8-7-19(3)12-24(31)32)26(34)29-22(14-25(33)35-6)20-13-21(16-28-15-20)30-9-10-36-27(4,5)17-30;1-15(2)10-18(4-5-21-15)12-6-11(8-17-9-12)13(16)7-14(19)20-3;1-8(2)6-10(12(15)16)13-5-4-9(3)7-11(13)14;;/h7-8,12-13,15-16,18,22-23H,9-11,14,17H2,1-6H3,(H,29,34);6,8-9,13H,4-5,7,10,16H2,1-3H3;4-5,7-8,10H,6H2,1-3H3,(H,15,16);1H4;1H/t22-,23?;13-;10-;;/m000../s1. The zero-order valence-corrected chi connectivity index (χ0v) is 46.0. The van der Waals surface area contributed by atoms with E-state index in [1.54, 1.807) is 37.1 Å². The molecule has 19 nitrogen and oxygen atoms in total. The number of nitrogens with two attached hydrogens (primary N) is 1. The molecule has 0 radical (unpaired) electrons. The van der Waals surface area contributed by atoms with E-state index in [0.29, 0.717) is 38.2 Å². The van der Waals surface area contributed by atoms with Crippen molar-refractivity contribution in [3.05, 3.63) is 117 Å². The van der Waals surface area contributed by atoms with Crippen molar-refractivity contribution in [1.29, 1.82) is 0 Å². The van der Waals surface area contributed by atoms with Crippen molar-refractivity contribution in [3.63, 3.8) is 0 Å². The quantitative estimate of drug-likeness (QED) is 0.0878. The third-order valence-electron chi connectivity index (χ3n) is 12.3. The number of esters is 2. The molecular formula is C55H83ClN8O11. The van der Waals surface area contributed by atoms with Gasteiger partial charge in [0, 0.05) is 69.1 Å². The lowest BCUT2D eigenvalue weighted by Gasteiger charge is -2.39. The van der Waals surface area contributed by atoms with Crippen molar-refractivity contribution in [2.45, 2.75) is 138 Å². The number of carbonyl (C=O) groups excluding carboxylic acids is 3. The van der Waals surface area contributed by atoms with Gasteiger partial charge < -0.3 is 54.0 Å². The molecule has 20 heteroatoms. The van der Waals surface area contributed by atoms with Gasteiger partial charge in [0.25, 0.3) is 11.1 Å². The number of nitrogens with one attached hydrogen (secondary N) is 1. The molecule has 1 unspecified atom stereocenters. The van der Waals surface area contributed by atoms with Crippen LogP contribution in [0.25, 0.3) is 0 Å². The molecule has 2 fully saturated rings. The summed E-state index contributed by atoms with van der Waals surface area (Å²) in [5, 5.41) is 12.1. The van der Waals surface area contributed by atoms with Crippen molar-refractivity contribution in [1.82, 2.24) is 24.4 Å². The fourth-order valence-electron chi connectivity index (χ4n) is 8.52. The van der Waals surface area contributed by atoms with Gasteiger partial charge in [0.15, 0.2) is 0 Å². The van der Waals surface area contributed by atoms with Gasteiger partial charge in [-0.2, -0.15) is 0 Å². The van der Waals surface area contributed by atoms with E-state index in [2.05, 4.69) is 43.7 Å². The van der Waals surface area contributed by atoms with Gasteiger partial charge in [-0.1, -0.05) is 35.1 Å². The minimum atomic E-state index is -0.959. The van der Waals surface area contributed by atoms with Crippen molar-refractivity contribution in [2.75, 3.05) is 63.4 Å². The predicted molar refractivity (Wildman–Crippen MR) is 294 cm³/mol. The number of rotatable bonds is 17. The fourth-order valence-corrected chi connectivity index (χ4v) is 8.52. The van der Waals surface area contributed by atoms with Crippen LogP contribution in [0, 0.1) is 25.7 Å². The van der Waals surface area contributed by atoms with Gasteiger partial charge >= 0.3 is 17.9 Å². The van der Waals surface area contributed by atoms with E-state index in [4.69, 9.17) is 25.1 Å². The zero-order chi connectivity index (χ0) is 54.2. The second kappa shape index (κ2) is 29.8. The Morgan fingerprint density at radius 1 is 0.707 bits per heavy atom. The highest BCUT2D eigenvalue weighted by molar-refractivity contribution is 5.85. The molecule has 0 bridgehead atoms. The van der Waals surface area contributed by atoms with Crippen LogP contribution in [-0.2, 0) is 38.1 Å². The van der Waals surface area contributed by atoms with Crippen LogP contribution in [0.4, 0.5) is 11.4 Å². The van der Waals surface area contributed by atoms with Gasteiger partial charge in [0.1, 0.15) is 12.1 Å². The Bertz CT molecular complexity index is 2600. The van der Waals surface area contributed by atoms with E-state index < -0.39 is 36.1 Å². The smallest absolute Gasteiger partial charge is 0.326 e. The number of ether oxygens (including phenoxy) is 4.